The van der Waals surface area contributed by atoms with Crippen molar-refractivity contribution in [2.24, 2.45) is 5.73 Å². The topological polar surface area (TPSA) is 41.8 Å². The van der Waals surface area contributed by atoms with Crippen molar-refractivity contribution in [1.82, 2.24) is 4.98 Å². The lowest BCUT2D eigenvalue weighted by atomic mass is 10.1. The van der Waals surface area contributed by atoms with Gasteiger partial charge < -0.3 is 10.7 Å². The molecule has 0 aliphatic heterocycles. The number of aryl methyl sites for hydroxylation is 1. The summed E-state index contributed by atoms with van der Waals surface area (Å²) in [6, 6.07) is 8.60. The van der Waals surface area contributed by atoms with Crippen LogP contribution in [0.5, 0.6) is 0 Å². The van der Waals surface area contributed by atoms with Crippen molar-refractivity contribution < 1.29 is 0 Å². The summed E-state index contributed by atoms with van der Waals surface area (Å²) in [6.07, 6.45) is 1.08. The summed E-state index contributed by atoms with van der Waals surface area (Å²) in [7, 11) is 0. The molecule has 1 aromatic carbocycles. The molecule has 1 heterocycles. The van der Waals surface area contributed by atoms with Crippen molar-refractivity contribution in [2.45, 2.75) is 19.9 Å². The second-order valence-electron chi connectivity index (χ2n) is 3.27. The predicted octanol–water partition coefficient (Wildman–Crippen LogP) is 2.19. The van der Waals surface area contributed by atoms with Crippen LogP contribution in [0.2, 0.25) is 0 Å². The highest BCUT2D eigenvalue weighted by atomic mass is 14.7. The summed E-state index contributed by atoms with van der Waals surface area (Å²) in [5, 5.41) is 1.25. The first-order valence-corrected chi connectivity index (χ1v) is 4.64. The Labute approximate surface area is 77.8 Å². The van der Waals surface area contributed by atoms with E-state index in [1.54, 1.807) is 0 Å². The average molecular weight is 174 g/mol. The zero-order valence-electron chi connectivity index (χ0n) is 7.80. The molecule has 0 spiro atoms. The van der Waals surface area contributed by atoms with Gasteiger partial charge in [-0.15, -0.1) is 0 Å². The van der Waals surface area contributed by atoms with Crippen molar-refractivity contribution in [2.75, 3.05) is 0 Å². The van der Waals surface area contributed by atoms with Gasteiger partial charge in [-0.3, -0.25) is 0 Å². The molecule has 0 aliphatic rings. The summed E-state index contributed by atoms with van der Waals surface area (Å²) in [5.74, 6) is 0. The monoisotopic (exact) mass is 174 g/mol. The molecule has 0 unspecified atom stereocenters. The molecule has 2 aromatic rings. The van der Waals surface area contributed by atoms with E-state index in [1.165, 1.54) is 16.5 Å². The molecule has 68 valence electrons. The fourth-order valence-corrected chi connectivity index (χ4v) is 1.56. The molecular formula is C11H14N2. The van der Waals surface area contributed by atoms with Crippen LogP contribution in [-0.4, -0.2) is 4.98 Å². The van der Waals surface area contributed by atoms with Gasteiger partial charge in [-0.25, -0.2) is 0 Å². The van der Waals surface area contributed by atoms with Crippen LogP contribution >= 0.6 is 0 Å². The van der Waals surface area contributed by atoms with Gasteiger partial charge in [0.25, 0.3) is 0 Å². The van der Waals surface area contributed by atoms with Crippen molar-refractivity contribution >= 4 is 10.9 Å². The molecule has 0 aliphatic carbocycles. The number of hydrogen-bond acceptors (Lipinski definition) is 1. The van der Waals surface area contributed by atoms with Crippen LogP contribution in [0.15, 0.2) is 24.3 Å². The Kier molecular flexibility index (Phi) is 2.07. The lowest BCUT2D eigenvalue weighted by Crippen LogP contribution is -1.94. The van der Waals surface area contributed by atoms with Crippen LogP contribution in [-0.2, 0) is 13.0 Å². The van der Waals surface area contributed by atoms with E-state index in [-0.39, 0.29) is 0 Å². The first kappa shape index (κ1) is 8.32. The Bertz CT molecular complexity index is 413. The van der Waals surface area contributed by atoms with Crippen LogP contribution in [0.4, 0.5) is 0 Å². The van der Waals surface area contributed by atoms with Gasteiger partial charge >= 0.3 is 0 Å². The highest BCUT2D eigenvalue weighted by molar-refractivity contribution is 5.81. The first-order valence-electron chi connectivity index (χ1n) is 4.64. The van der Waals surface area contributed by atoms with Gasteiger partial charge in [0.15, 0.2) is 0 Å². The average Bonchev–Trinajstić information content (AvgIpc) is 2.58. The van der Waals surface area contributed by atoms with Gasteiger partial charge in [0.05, 0.1) is 0 Å². The third-order valence-electron chi connectivity index (χ3n) is 2.37. The van der Waals surface area contributed by atoms with E-state index >= 15 is 0 Å². The van der Waals surface area contributed by atoms with Crippen LogP contribution in [0.3, 0.4) is 0 Å². The standard InChI is InChI=1S/C11H14N2/c1-2-8-3-4-9-6-10(7-12)13-11(9)5-8/h3-6,13H,2,7,12H2,1H3. The van der Waals surface area contributed by atoms with E-state index < -0.39 is 0 Å². The van der Waals surface area contributed by atoms with Gasteiger partial charge in [-0.1, -0.05) is 19.1 Å². The Balaban J connectivity index is 2.57. The number of rotatable bonds is 2. The molecule has 0 radical (unpaired) electrons. The zero-order valence-corrected chi connectivity index (χ0v) is 7.80. The third-order valence-corrected chi connectivity index (χ3v) is 2.37. The first-order chi connectivity index (χ1) is 6.33. The molecular weight excluding hydrogens is 160 g/mol. The minimum absolute atomic E-state index is 0.580. The Hall–Kier alpha value is -1.28. The second-order valence-corrected chi connectivity index (χ2v) is 3.27. The molecule has 2 heteroatoms. The van der Waals surface area contributed by atoms with Gasteiger partial charge in [-0.2, -0.15) is 0 Å². The third kappa shape index (κ3) is 1.45. The second kappa shape index (κ2) is 3.23. The Morgan fingerprint density at radius 3 is 2.85 bits per heavy atom. The number of benzene rings is 1. The molecule has 0 saturated heterocycles. The molecule has 2 rings (SSSR count). The lowest BCUT2D eigenvalue weighted by Gasteiger charge is -1.95. The number of nitrogens with one attached hydrogen (secondary N) is 1. The van der Waals surface area contributed by atoms with E-state index in [9.17, 15) is 0 Å². The van der Waals surface area contributed by atoms with E-state index in [0.717, 1.165) is 12.1 Å². The largest absolute Gasteiger partial charge is 0.357 e. The van der Waals surface area contributed by atoms with Crippen LogP contribution in [0.1, 0.15) is 18.2 Å². The molecule has 0 amide bonds. The number of fused-ring (bicyclic) bond motifs is 1. The van der Waals surface area contributed by atoms with E-state index in [4.69, 9.17) is 5.73 Å². The molecule has 3 N–H and O–H groups in total. The highest BCUT2D eigenvalue weighted by Gasteiger charge is 1.99. The highest BCUT2D eigenvalue weighted by Crippen LogP contribution is 2.17. The minimum Gasteiger partial charge on any atom is -0.357 e. The zero-order chi connectivity index (χ0) is 9.26. The predicted molar refractivity (Wildman–Crippen MR) is 55.6 cm³/mol. The van der Waals surface area contributed by atoms with E-state index in [1.807, 2.05) is 0 Å². The molecule has 0 bridgehead atoms. The van der Waals surface area contributed by atoms with E-state index in [0.29, 0.717) is 6.54 Å². The Morgan fingerprint density at radius 2 is 2.15 bits per heavy atom. The fourth-order valence-electron chi connectivity index (χ4n) is 1.56. The summed E-state index contributed by atoms with van der Waals surface area (Å²) in [6.45, 7) is 2.74. The van der Waals surface area contributed by atoms with Gasteiger partial charge in [0.2, 0.25) is 0 Å². The van der Waals surface area contributed by atoms with Gasteiger partial charge in [-0.05, 0) is 29.5 Å². The van der Waals surface area contributed by atoms with Gasteiger partial charge in [0, 0.05) is 17.8 Å². The quantitative estimate of drug-likeness (QED) is 0.720. The number of hydrogen-bond donors (Lipinski definition) is 2. The van der Waals surface area contributed by atoms with E-state index in [2.05, 4.69) is 36.2 Å². The molecule has 13 heavy (non-hydrogen) atoms. The lowest BCUT2D eigenvalue weighted by molar-refractivity contribution is 1.02. The minimum atomic E-state index is 0.580. The Morgan fingerprint density at radius 1 is 1.31 bits per heavy atom. The smallest absolute Gasteiger partial charge is 0.0459 e. The van der Waals surface area contributed by atoms with Gasteiger partial charge in [0.1, 0.15) is 0 Å². The molecule has 0 atom stereocenters. The number of aromatic nitrogens is 1. The van der Waals surface area contributed by atoms with Crippen molar-refractivity contribution in [3.8, 4) is 0 Å². The molecule has 0 fully saturated rings. The summed E-state index contributed by atoms with van der Waals surface area (Å²) >= 11 is 0. The fraction of sp³-hybridized carbons (Fsp3) is 0.273. The maximum atomic E-state index is 5.55. The maximum Gasteiger partial charge on any atom is 0.0459 e. The molecule has 2 nitrogen and oxygen atoms in total. The maximum absolute atomic E-state index is 5.55. The number of nitrogens with two attached hydrogens (primary N) is 1. The van der Waals surface area contributed by atoms with Crippen molar-refractivity contribution in [1.29, 1.82) is 0 Å². The normalized spacial score (nSPS) is 10.9. The van der Waals surface area contributed by atoms with Crippen LogP contribution in [0.25, 0.3) is 10.9 Å². The number of aromatic amines is 1. The van der Waals surface area contributed by atoms with Crippen LogP contribution in [0, 0.1) is 0 Å². The SMILES string of the molecule is CCc1ccc2cc(CN)[nH]c2c1. The van der Waals surface area contributed by atoms with Crippen molar-refractivity contribution in [3.63, 3.8) is 0 Å². The van der Waals surface area contributed by atoms with Crippen molar-refractivity contribution in [3.05, 3.63) is 35.5 Å². The van der Waals surface area contributed by atoms with Crippen LogP contribution < -0.4 is 5.73 Å². The summed E-state index contributed by atoms with van der Waals surface area (Å²) in [5.41, 5.74) is 9.21. The number of H-pyrrole nitrogens is 1. The summed E-state index contributed by atoms with van der Waals surface area (Å²) in [4.78, 5) is 3.29. The molecule has 1 aromatic heterocycles. The molecule has 0 saturated carbocycles. The summed E-state index contributed by atoms with van der Waals surface area (Å²) < 4.78 is 0.